The fourth-order valence-electron chi connectivity index (χ4n) is 2.52. The molecule has 2 aromatic rings. The van der Waals surface area contributed by atoms with Gasteiger partial charge in [0.05, 0.1) is 0 Å². The zero-order chi connectivity index (χ0) is 18.4. The fourth-order valence-corrected chi connectivity index (χ4v) is 2.52. The van der Waals surface area contributed by atoms with Crippen molar-refractivity contribution in [3.63, 3.8) is 0 Å². The SMILES string of the molecule is CC(=O)N(C)c1cccc(NC(=O)N[C@@H](C)[C@@H](C)c2ccccc2)c1. The van der Waals surface area contributed by atoms with Crippen LogP contribution in [-0.4, -0.2) is 25.0 Å². The van der Waals surface area contributed by atoms with Crippen molar-refractivity contribution < 1.29 is 9.59 Å². The van der Waals surface area contributed by atoms with Crippen molar-refractivity contribution in [3.8, 4) is 0 Å². The van der Waals surface area contributed by atoms with Gasteiger partial charge in [-0.1, -0.05) is 43.3 Å². The molecule has 0 aromatic heterocycles. The van der Waals surface area contributed by atoms with Gasteiger partial charge in [-0.25, -0.2) is 4.79 Å². The minimum atomic E-state index is -0.266. The molecule has 2 atom stereocenters. The van der Waals surface area contributed by atoms with Crippen LogP contribution >= 0.6 is 0 Å². The van der Waals surface area contributed by atoms with Gasteiger partial charge >= 0.3 is 6.03 Å². The summed E-state index contributed by atoms with van der Waals surface area (Å²) >= 11 is 0. The number of carbonyl (C=O) groups is 2. The average molecular weight is 339 g/mol. The van der Waals surface area contributed by atoms with Crippen molar-refractivity contribution in [3.05, 3.63) is 60.2 Å². The zero-order valence-electron chi connectivity index (χ0n) is 15.1. The molecule has 0 aliphatic rings. The Hall–Kier alpha value is -2.82. The van der Waals surface area contributed by atoms with Gasteiger partial charge in [-0.2, -0.15) is 0 Å². The first-order valence-electron chi connectivity index (χ1n) is 8.35. The van der Waals surface area contributed by atoms with E-state index in [1.54, 1.807) is 25.2 Å². The number of carbonyl (C=O) groups excluding carboxylic acids is 2. The molecule has 0 saturated heterocycles. The molecule has 132 valence electrons. The van der Waals surface area contributed by atoms with Crippen molar-refractivity contribution in [1.82, 2.24) is 5.32 Å². The number of amides is 3. The van der Waals surface area contributed by atoms with Gasteiger partial charge < -0.3 is 15.5 Å². The highest BCUT2D eigenvalue weighted by molar-refractivity contribution is 5.93. The van der Waals surface area contributed by atoms with Gasteiger partial charge in [0.2, 0.25) is 5.91 Å². The Labute approximate surface area is 149 Å². The zero-order valence-corrected chi connectivity index (χ0v) is 15.1. The third kappa shape index (κ3) is 5.08. The third-order valence-corrected chi connectivity index (χ3v) is 4.40. The number of rotatable bonds is 5. The summed E-state index contributed by atoms with van der Waals surface area (Å²) in [5.41, 5.74) is 2.55. The van der Waals surface area contributed by atoms with E-state index >= 15 is 0 Å². The molecular formula is C20H25N3O2. The fraction of sp³-hybridized carbons (Fsp3) is 0.300. The highest BCUT2D eigenvalue weighted by atomic mass is 16.2. The van der Waals surface area contributed by atoms with E-state index in [4.69, 9.17) is 0 Å². The van der Waals surface area contributed by atoms with Crippen molar-refractivity contribution in [2.75, 3.05) is 17.3 Å². The molecule has 0 unspecified atom stereocenters. The van der Waals surface area contributed by atoms with Crippen LogP contribution in [0.5, 0.6) is 0 Å². The molecule has 0 aliphatic carbocycles. The molecule has 0 bridgehead atoms. The highest BCUT2D eigenvalue weighted by Crippen LogP contribution is 2.20. The lowest BCUT2D eigenvalue weighted by Crippen LogP contribution is -2.39. The summed E-state index contributed by atoms with van der Waals surface area (Å²) in [6.45, 7) is 5.57. The van der Waals surface area contributed by atoms with Crippen molar-refractivity contribution in [1.29, 1.82) is 0 Å². The van der Waals surface area contributed by atoms with Crippen LogP contribution in [-0.2, 0) is 4.79 Å². The second kappa shape index (κ2) is 8.33. The number of urea groups is 1. The van der Waals surface area contributed by atoms with E-state index in [1.807, 2.05) is 31.2 Å². The standard InChI is InChI=1S/C20H25N3O2/c1-14(17-9-6-5-7-10-17)15(2)21-20(25)22-18-11-8-12-19(13-18)23(4)16(3)24/h5-15H,1-4H3,(H2,21,22,25)/t14-,15+/m1/s1. The van der Waals surface area contributed by atoms with E-state index < -0.39 is 0 Å². The summed E-state index contributed by atoms with van der Waals surface area (Å²) in [7, 11) is 1.70. The molecule has 5 nitrogen and oxygen atoms in total. The smallest absolute Gasteiger partial charge is 0.319 e. The summed E-state index contributed by atoms with van der Waals surface area (Å²) in [6, 6.07) is 17.0. The molecule has 2 rings (SSSR count). The summed E-state index contributed by atoms with van der Waals surface area (Å²) < 4.78 is 0. The van der Waals surface area contributed by atoms with Crippen LogP contribution in [0.4, 0.5) is 16.2 Å². The molecule has 0 fully saturated rings. The third-order valence-electron chi connectivity index (χ3n) is 4.40. The number of nitrogens with zero attached hydrogens (tertiary/aromatic N) is 1. The number of hydrogen-bond donors (Lipinski definition) is 2. The number of benzene rings is 2. The Morgan fingerprint density at radius 3 is 2.32 bits per heavy atom. The van der Waals surface area contributed by atoms with Gasteiger partial charge in [0, 0.05) is 37.3 Å². The molecule has 2 aromatic carbocycles. The topological polar surface area (TPSA) is 61.4 Å². The van der Waals surface area contributed by atoms with Gasteiger partial charge in [-0.05, 0) is 30.7 Å². The first-order chi connectivity index (χ1) is 11.9. The van der Waals surface area contributed by atoms with Crippen molar-refractivity contribution >= 4 is 23.3 Å². The van der Waals surface area contributed by atoms with Crippen LogP contribution in [0.2, 0.25) is 0 Å². The number of hydrogen-bond acceptors (Lipinski definition) is 2. The average Bonchev–Trinajstić information content (AvgIpc) is 2.61. The lowest BCUT2D eigenvalue weighted by atomic mass is 9.95. The lowest BCUT2D eigenvalue weighted by Gasteiger charge is -2.22. The van der Waals surface area contributed by atoms with Crippen LogP contribution in [0.25, 0.3) is 0 Å². The molecule has 3 amide bonds. The second-order valence-electron chi connectivity index (χ2n) is 6.21. The Morgan fingerprint density at radius 2 is 1.68 bits per heavy atom. The number of anilines is 2. The number of nitrogens with one attached hydrogen (secondary N) is 2. The summed E-state index contributed by atoms with van der Waals surface area (Å²) in [4.78, 5) is 25.3. The molecule has 25 heavy (non-hydrogen) atoms. The van der Waals surface area contributed by atoms with Gasteiger partial charge in [-0.15, -0.1) is 0 Å². The van der Waals surface area contributed by atoms with Crippen molar-refractivity contribution in [2.45, 2.75) is 32.7 Å². The van der Waals surface area contributed by atoms with Crippen LogP contribution < -0.4 is 15.5 Å². The summed E-state index contributed by atoms with van der Waals surface area (Å²) in [5.74, 6) is 0.133. The van der Waals surface area contributed by atoms with Crippen LogP contribution in [0, 0.1) is 0 Å². The van der Waals surface area contributed by atoms with E-state index in [2.05, 4.69) is 29.7 Å². The van der Waals surface area contributed by atoms with Gasteiger partial charge in [-0.3, -0.25) is 4.79 Å². The summed E-state index contributed by atoms with van der Waals surface area (Å²) in [5, 5.41) is 5.79. The predicted molar refractivity (Wildman–Crippen MR) is 102 cm³/mol. The maximum atomic E-state index is 12.3. The molecule has 0 aliphatic heterocycles. The second-order valence-corrected chi connectivity index (χ2v) is 6.21. The minimum absolute atomic E-state index is 0.0227. The molecule has 0 saturated carbocycles. The normalized spacial score (nSPS) is 12.8. The molecule has 0 heterocycles. The molecule has 5 heteroatoms. The Balaban J connectivity index is 1.98. The molecule has 0 radical (unpaired) electrons. The van der Waals surface area contributed by atoms with E-state index in [-0.39, 0.29) is 23.9 Å². The predicted octanol–water partition coefficient (Wildman–Crippen LogP) is 3.98. The van der Waals surface area contributed by atoms with Gasteiger partial charge in [0.15, 0.2) is 0 Å². The molecular weight excluding hydrogens is 314 g/mol. The van der Waals surface area contributed by atoms with Crippen molar-refractivity contribution in [2.24, 2.45) is 0 Å². The quantitative estimate of drug-likeness (QED) is 0.865. The van der Waals surface area contributed by atoms with E-state index in [9.17, 15) is 9.59 Å². The minimum Gasteiger partial charge on any atom is -0.335 e. The molecule has 0 spiro atoms. The first-order valence-corrected chi connectivity index (χ1v) is 8.35. The largest absolute Gasteiger partial charge is 0.335 e. The first kappa shape index (κ1) is 18.5. The lowest BCUT2D eigenvalue weighted by molar-refractivity contribution is -0.116. The van der Waals surface area contributed by atoms with Crippen LogP contribution in [0.1, 0.15) is 32.3 Å². The Bertz CT molecular complexity index is 731. The Morgan fingerprint density at radius 1 is 1.00 bits per heavy atom. The Kier molecular flexibility index (Phi) is 6.17. The van der Waals surface area contributed by atoms with Crippen LogP contribution in [0.3, 0.4) is 0 Å². The maximum absolute atomic E-state index is 12.3. The van der Waals surface area contributed by atoms with Gasteiger partial charge in [0.25, 0.3) is 0 Å². The van der Waals surface area contributed by atoms with E-state index in [0.717, 1.165) is 5.69 Å². The van der Waals surface area contributed by atoms with Crippen LogP contribution in [0.15, 0.2) is 54.6 Å². The van der Waals surface area contributed by atoms with Gasteiger partial charge in [0.1, 0.15) is 0 Å². The maximum Gasteiger partial charge on any atom is 0.319 e. The van der Waals surface area contributed by atoms with E-state index in [0.29, 0.717) is 5.69 Å². The summed E-state index contributed by atoms with van der Waals surface area (Å²) in [6.07, 6.45) is 0. The highest BCUT2D eigenvalue weighted by Gasteiger charge is 2.16. The van der Waals surface area contributed by atoms with E-state index in [1.165, 1.54) is 17.4 Å². The monoisotopic (exact) mass is 339 g/mol. The molecule has 2 N–H and O–H groups in total.